The van der Waals surface area contributed by atoms with Gasteiger partial charge in [0.1, 0.15) is 5.54 Å². The second-order valence-corrected chi connectivity index (χ2v) is 5.10. The van der Waals surface area contributed by atoms with Crippen molar-refractivity contribution in [3.05, 3.63) is 0 Å². The number of nitrogens with two attached hydrogens (primary N) is 1. The van der Waals surface area contributed by atoms with Crippen molar-refractivity contribution in [3.8, 4) is 0 Å². The highest BCUT2D eigenvalue weighted by Gasteiger charge is 2.37. The molecule has 1 unspecified atom stereocenters. The monoisotopic (exact) mass is 228 g/mol. The summed E-state index contributed by atoms with van der Waals surface area (Å²) >= 11 is 0. The largest absolute Gasteiger partial charge is 0.379 e. The minimum absolute atomic E-state index is 0.0606. The van der Waals surface area contributed by atoms with E-state index in [9.17, 15) is 4.79 Å². The van der Waals surface area contributed by atoms with E-state index in [1.54, 1.807) is 0 Å². The number of carbonyl (C=O) groups is 1. The van der Waals surface area contributed by atoms with E-state index in [2.05, 4.69) is 19.2 Å². The summed E-state index contributed by atoms with van der Waals surface area (Å²) in [4.78, 5) is 11.7. The lowest BCUT2D eigenvalue weighted by molar-refractivity contribution is -0.126. The van der Waals surface area contributed by atoms with Crippen molar-refractivity contribution in [2.75, 3.05) is 19.8 Å². The smallest absolute Gasteiger partial charge is 0.242 e. The molecule has 94 valence electrons. The molecule has 0 aliphatic carbocycles. The Hall–Kier alpha value is -0.610. The Kier molecular flexibility index (Phi) is 5.22. The summed E-state index contributed by atoms with van der Waals surface area (Å²) in [7, 11) is 0. The Morgan fingerprint density at radius 3 is 2.81 bits per heavy atom. The van der Waals surface area contributed by atoms with Crippen molar-refractivity contribution < 1.29 is 9.53 Å². The zero-order valence-corrected chi connectivity index (χ0v) is 10.4. The predicted molar refractivity (Wildman–Crippen MR) is 64.1 cm³/mol. The van der Waals surface area contributed by atoms with Crippen molar-refractivity contribution >= 4 is 5.91 Å². The minimum atomic E-state index is -0.780. The first kappa shape index (κ1) is 13.5. The van der Waals surface area contributed by atoms with Crippen molar-refractivity contribution in [2.45, 2.75) is 45.1 Å². The van der Waals surface area contributed by atoms with E-state index in [4.69, 9.17) is 10.5 Å². The molecule has 1 fully saturated rings. The molecule has 16 heavy (non-hydrogen) atoms. The molecule has 0 spiro atoms. The lowest BCUT2D eigenvalue weighted by atomic mass is 9.99. The maximum absolute atomic E-state index is 11.7. The van der Waals surface area contributed by atoms with Gasteiger partial charge in [0.25, 0.3) is 0 Å². The van der Waals surface area contributed by atoms with Gasteiger partial charge in [0, 0.05) is 13.2 Å². The van der Waals surface area contributed by atoms with Crippen LogP contribution in [0.5, 0.6) is 0 Å². The number of hydrogen-bond acceptors (Lipinski definition) is 3. The number of nitrogens with one attached hydrogen (secondary N) is 1. The second-order valence-electron chi connectivity index (χ2n) is 5.10. The van der Waals surface area contributed by atoms with Crippen LogP contribution in [0.25, 0.3) is 0 Å². The van der Waals surface area contributed by atoms with Gasteiger partial charge in [-0.1, -0.05) is 26.7 Å². The summed E-state index contributed by atoms with van der Waals surface area (Å²) in [5.41, 5.74) is 5.15. The molecule has 4 nitrogen and oxygen atoms in total. The first-order valence-corrected chi connectivity index (χ1v) is 6.19. The number of hydrogen-bond donors (Lipinski definition) is 2. The highest BCUT2D eigenvalue weighted by molar-refractivity contribution is 5.86. The third-order valence-corrected chi connectivity index (χ3v) is 3.00. The number of carbonyl (C=O) groups excluding carboxylic acids is 1. The van der Waals surface area contributed by atoms with Crippen LogP contribution in [-0.2, 0) is 9.53 Å². The van der Waals surface area contributed by atoms with Crippen molar-refractivity contribution in [3.63, 3.8) is 0 Å². The van der Waals surface area contributed by atoms with Crippen LogP contribution >= 0.6 is 0 Å². The second kappa shape index (κ2) is 6.21. The van der Waals surface area contributed by atoms with Crippen LogP contribution in [0.2, 0.25) is 0 Å². The van der Waals surface area contributed by atoms with Crippen LogP contribution in [0.3, 0.4) is 0 Å². The van der Waals surface area contributed by atoms with E-state index in [1.807, 2.05) is 0 Å². The molecule has 1 rings (SSSR count). The molecule has 0 aromatic carbocycles. The standard InChI is InChI=1S/C12H24N2O2/c1-10(2)5-3-4-7-14-11(15)12(13)6-8-16-9-12/h10H,3-9,13H2,1-2H3,(H,14,15). The fourth-order valence-electron chi connectivity index (χ4n) is 1.82. The average Bonchev–Trinajstić information content (AvgIpc) is 2.65. The Morgan fingerprint density at radius 1 is 1.50 bits per heavy atom. The Labute approximate surface area is 97.9 Å². The first-order chi connectivity index (χ1) is 7.54. The van der Waals surface area contributed by atoms with Gasteiger partial charge in [0.05, 0.1) is 6.61 Å². The van der Waals surface area contributed by atoms with Crippen molar-refractivity contribution in [1.29, 1.82) is 0 Å². The fourth-order valence-corrected chi connectivity index (χ4v) is 1.82. The summed E-state index contributed by atoms with van der Waals surface area (Å²) in [6, 6.07) is 0. The lowest BCUT2D eigenvalue weighted by Crippen LogP contribution is -2.54. The molecular formula is C12H24N2O2. The normalized spacial score (nSPS) is 25.0. The summed E-state index contributed by atoms with van der Waals surface area (Å²) < 4.78 is 5.15. The highest BCUT2D eigenvalue weighted by atomic mass is 16.5. The van der Waals surface area contributed by atoms with Gasteiger partial charge in [0.2, 0.25) is 5.91 Å². The van der Waals surface area contributed by atoms with E-state index in [0.29, 0.717) is 19.6 Å². The molecule has 1 heterocycles. The molecule has 1 amide bonds. The zero-order chi connectivity index (χ0) is 12.0. The summed E-state index contributed by atoms with van der Waals surface area (Å²) in [6.07, 6.45) is 4.03. The van der Waals surface area contributed by atoms with Gasteiger partial charge in [-0.3, -0.25) is 4.79 Å². The zero-order valence-electron chi connectivity index (χ0n) is 10.4. The molecule has 1 aliphatic heterocycles. The minimum Gasteiger partial charge on any atom is -0.379 e. The van der Waals surface area contributed by atoms with Gasteiger partial charge in [-0.2, -0.15) is 0 Å². The molecule has 1 saturated heterocycles. The number of amides is 1. The van der Waals surface area contributed by atoms with E-state index >= 15 is 0 Å². The van der Waals surface area contributed by atoms with E-state index in [-0.39, 0.29) is 5.91 Å². The van der Waals surface area contributed by atoms with E-state index in [1.165, 1.54) is 6.42 Å². The Morgan fingerprint density at radius 2 is 2.25 bits per heavy atom. The quantitative estimate of drug-likeness (QED) is 0.668. The molecule has 0 radical (unpaired) electrons. The third-order valence-electron chi connectivity index (χ3n) is 3.00. The maximum Gasteiger partial charge on any atom is 0.242 e. The molecular weight excluding hydrogens is 204 g/mol. The van der Waals surface area contributed by atoms with Gasteiger partial charge in [0.15, 0.2) is 0 Å². The molecule has 0 saturated carbocycles. The molecule has 0 bridgehead atoms. The van der Waals surface area contributed by atoms with Crippen LogP contribution in [0.4, 0.5) is 0 Å². The first-order valence-electron chi connectivity index (χ1n) is 6.19. The molecule has 4 heteroatoms. The van der Waals surface area contributed by atoms with Crippen LogP contribution < -0.4 is 11.1 Å². The molecule has 1 aliphatic rings. The van der Waals surface area contributed by atoms with Gasteiger partial charge >= 0.3 is 0 Å². The van der Waals surface area contributed by atoms with Crippen LogP contribution in [-0.4, -0.2) is 31.2 Å². The third kappa shape index (κ3) is 4.10. The predicted octanol–water partition coefficient (Wildman–Crippen LogP) is 1.05. The van der Waals surface area contributed by atoms with Crippen LogP contribution in [0, 0.1) is 5.92 Å². The SMILES string of the molecule is CC(C)CCCCNC(=O)C1(N)CCOC1. The van der Waals surface area contributed by atoms with Gasteiger partial charge in [-0.05, 0) is 18.8 Å². The van der Waals surface area contributed by atoms with Crippen molar-refractivity contribution in [2.24, 2.45) is 11.7 Å². The topological polar surface area (TPSA) is 64.4 Å². The summed E-state index contributed by atoms with van der Waals surface area (Å²) in [6.45, 7) is 6.10. The Bertz CT molecular complexity index is 223. The number of unbranched alkanes of at least 4 members (excludes halogenated alkanes) is 1. The van der Waals surface area contributed by atoms with Crippen LogP contribution in [0.1, 0.15) is 39.5 Å². The fraction of sp³-hybridized carbons (Fsp3) is 0.917. The summed E-state index contributed by atoms with van der Waals surface area (Å²) in [5, 5.41) is 2.89. The molecule has 0 aromatic rings. The van der Waals surface area contributed by atoms with Crippen molar-refractivity contribution in [1.82, 2.24) is 5.32 Å². The molecule has 0 aromatic heterocycles. The highest BCUT2D eigenvalue weighted by Crippen LogP contribution is 2.15. The van der Waals surface area contributed by atoms with Crippen LogP contribution in [0.15, 0.2) is 0 Å². The van der Waals surface area contributed by atoms with Gasteiger partial charge in [-0.25, -0.2) is 0 Å². The Balaban J connectivity index is 2.10. The molecule has 1 atom stereocenters. The van der Waals surface area contributed by atoms with Gasteiger partial charge < -0.3 is 15.8 Å². The maximum atomic E-state index is 11.7. The van der Waals surface area contributed by atoms with E-state index < -0.39 is 5.54 Å². The number of ether oxygens (including phenoxy) is 1. The number of rotatable bonds is 6. The molecule has 3 N–H and O–H groups in total. The van der Waals surface area contributed by atoms with E-state index in [0.717, 1.165) is 25.3 Å². The average molecular weight is 228 g/mol. The van der Waals surface area contributed by atoms with Gasteiger partial charge in [-0.15, -0.1) is 0 Å². The summed E-state index contributed by atoms with van der Waals surface area (Å²) in [5.74, 6) is 0.675. The lowest BCUT2D eigenvalue weighted by Gasteiger charge is -2.20.